The van der Waals surface area contributed by atoms with E-state index in [0.29, 0.717) is 16.2 Å². The fourth-order valence-corrected chi connectivity index (χ4v) is 3.57. The van der Waals surface area contributed by atoms with E-state index in [-0.39, 0.29) is 12.4 Å². The van der Waals surface area contributed by atoms with Gasteiger partial charge in [0, 0.05) is 22.9 Å². The Bertz CT molecular complexity index is 1110. The minimum Gasteiger partial charge on any atom is -0.502 e. The minimum absolute atomic E-state index is 0.0738. The molecule has 0 atom stereocenters. The molecule has 3 rings (SSSR count). The predicted octanol–water partition coefficient (Wildman–Crippen LogP) is 4.97. The molecule has 0 aliphatic rings. The Balaban J connectivity index is 2.13. The van der Waals surface area contributed by atoms with Crippen molar-refractivity contribution >= 4 is 34.3 Å². The van der Waals surface area contributed by atoms with Crippen LogP contribution < -0.4 is 9.88 Å². The average Bonchev–Trinajstić information content (AvgIpc) is 2.76. The quantitative estimate of drug-likeness (QED) is 0.229. The van der Waals surface area contributed by atoms with Gasteiger partial charge in [0.05, 0.1) is 6.61 Å². The Hall–Kier alpha value is -3.02. The smallest absolute Gasteiger partial charge is 0.288 e. The second-order valence-corrected chi connectivity index (χ2v) is 7.65. The number of aliphatic hydroxyl groups excluding tert-OH is 2. The highest BCUT2D eigenvalue weighted by molar-refractivity contribution is 7.81. The van der Waals surface area contributed by atoms with E-state index in [2.05, 4.69) is 18.3 Å². The molecule has 0 spiro atoms. The van der Waals surface area contributed by atoms with Gasteiger partial charge in [-0.1, -0.05) is 49.5 Å². The number of anilines is 1. The van der Waals surface area contributed by atoms with Gasteiger partial charge in [-0.3, -0.25) is 0 Å². The van der Waals surface area contributed by atoms with Crippen LogP contribution in [-0.2, 0) is 13.0 Å². The van der Waals surface area contributed by atoms with E-state index >= 15 is 0 Å². The highest BCUT2D eigenvalue weighted by Gasteiger charge is 2.25. The van der Waals surface area contributed by atoms with Gasteiger partial charge >= 0.3 is 0 Å². The molecular weight excluding hydrogens is 392 g/mol. The third-order valence-corrected chi connectivity index (χ3v) is 5.46. The van der Waals surface area contributed by atoms with E-state index in [1.54, 1.807) is 10.8 Å². The van der Waals surface area contributed by atoms with Crippen LogP contribution in [-0.4, -0.2) is 15.2 Å². The van der Waals surface area contributed by atoms with Gasteiger partial charge in [0.2, 0.25) is 0 Å². The maximum atomic E-state index is 11.3. The molecule has 30 heavy (non-hydrogen) atoms. The van der Waals surface area contributed by atoms with Gasteiger partial charge in [0.15, 0.2) is 23.1 Å². The van der Waals surface area contributed by atoms with E-state index in [0.717, 1.165) is 34.4 Å². The van der Waals surface area contributed by atoms with Crippen molar-refractivity contribution in [2.45, 2.75) is 33.8 Å². The second-order valence-electron chi connectivity index (χ2n) is 7.24. The zero-order valence-corrected chi connectivity index (χ0v) is 18.3. The molecule has 2 aromatic carbocycles. The third kappa shape index (κ3) is 4.75. The molecule has 3 aromatic rings. The number of aromatic nitrogens is 1. The molecule has 0 radical (unpaired) electrons. The van der Waals surface area contributed by atoms with Gasteiger partial charge in [-0.25, -0.2) is 0 Å². The molecule has 0 fully saturated rings. The lowest BCUT2D eigenvalue weighted by Crippen LogP contribution is -2.39. The molecule has 1 aromatic heterocycles. The molecular formula is C25H27N2O2S+. The zero-order chi connectivity index (χ0) is 21.7. The van der Waals surface area contributed by atoms with Crippen LogP contribution in [0.1, 0.15) is 34.7 Å². The summed E-state index contributed by atoms with van der Waals surface area (Å²) >= 11 is 5.75. The summed E-state index contributed by atoms with van der Waals surface area (Å²) in [5.74, 6) is 0.0738. The second kappa shape index (κ2) is 9.65. The van der Waals surface area contributed by atoms with E-state index in [4.69, 9.17) is 12.2 Å². The third-order valence-electron chi connectivity index (χ3n) is 5.17. The highest BCUT2D eigenvalue weighted by Crippen LogP contribution is 2.23. The maximum Gasteiger partial charge on any atom is 0.288 e. The molecule has 154 valence electrons. The summed E-state index contributed by atoms with van der Waals surface area (Å²) in [4.78, 5) is 0.395. The molecule has 0 aliphatic carbocycles. The Kier molecular flexibility index (Phi) is 6.98. The number of hydrogen-bond acceptors (Lipinski definition) is 3. The number of para-hydroxylation sites is 1. The number of rotatable bonds is 6. The van der Waals surface area contributed by atoms with Crippen LogP contribution in [0.3, 0.4) is 0 Å². The van der Waals surface area contributed by atoms with Crippen LogP contribution in [0.15, 0.2) is 67.0 Å². The minimum atomic E-state index is -0.0998. The predicted molar refractivity (Wildman–Crippen MR) is 126 cm³/mol. The maximum absolute atomic E-state index is 11.3. The molecule has 0 saturated carbocycles. The van der Waals surface area contributed by atoms with Gasteiger partial charge in [-0.2, -0.15) is 4.57 Å². The van der Waals surface area contributed by atoms with Crippen molar-refractivity contribution in [1.82, 2.24) is 0 Å². The standard InChI is InChI=1S/C25H26N2O2S/c1-4-20-9-5-6-10-22(20)26-25(30)23(27-13-7-8-19(15-27)16-28)24(29)21-12-11-17(2)18(3)14-21/h5-15,28H,4,16H2,1-3H3,(H-,26,29,30)/p+1. The Morgan fingerprint density at radius 1 is 1.03 bits per heavy atom. The summed E-state index contributed by atoms with van der Waals surface area (Å²) < 4.78 is 1.75. The SMILES string of the molecule is CCc1ccccc1NC(=S)/C(=C(/O)c1ccc(C)c(C)c1)[n+]1cccc(CO)c1. The first-order valence-electron chi connectivity index (χ1n) is 9.96. The number of nitrogens with zero attached hydrogens (tertiary/aromatic N) is 1. The Labute approximate surface area is 183 Å². The molecule has 3 N–H and O–H groups in total. The number of aryl methyl sites for hydroxylation is 3. The van der Waals surface area contributed by atoms with Gasteiger partial charge in [-0.15, -0.1) is 0 Å². The molecule has 0 bridgehead atoms. The summed E-state index contributed by atoms with van der Waals surface area (Å²) in [6, 6.07) is 17.4. The molecule has 0 saturated heterocycles. The van der Waals surface area contributed by atoms with Crippen LogP contribution in [0.4, 0.5) is 5.69 Å². The first kappa shape index (κ1) is 21.7. The van der Waals surface area contributed by atoms with Crippen molar-refractivity contribution in [3.63, 3.8) is 0 Å². The van der Waals surface area contributed by atoms with Crippen molar-refractivity contribution in [1.29, 1.82) is 0 Å². The number of pyridine rings is 1. The van der Waals surface area contributed by atoms with Gasteiger partial charge in [-0.05, 0) is 55.2 Å². The number of hydrogen-bond donors (Lipinski definition) is 3. The topological polar surface area (TPSA) is 56.4 Å². The lowest BCUT2D eigenvalue weighted by molar-refractivity contribution is -0.576. The van der Waals surface area contributed by atoms with Crippen LogP contribution in [0.5, 0.6) is 0 Å². The molecule has 1 heterocycles. The number of thiocarbonyl (C=S) groups is 1. The van der Waals surface area contributed by atoms with Gasteiger partial charge in [0.25, 0.3) is 5.70 Å². The van der Waals surface area contributed by atoms with Crippen LogP contribution >= 0.6 is 12.2 Å². The first-order chi connectivity index (χ1) is 14.4. The summed E-state index contributed by atoms with van der Waals surface area (Å²) in [6.45, 7) is 6.04. The van der Waals surface area contributed by atoms with E-state index in [1.807, 2.05) is 68.6 Å². The lowest BCUT2D eigenvalue weighted by Gasteiger charge is -2.13. The average molecular weight is 420 g/mol. The van der Waals surface area contributed by atoms with Crippen molar-refractivity contribution in [2.75, 3.05) is 5.32 Å². The van der Waals surface area contributed by atoms with Crippen LogP contribution in [0.2, 0.25) is 0 Å². The number of aliphatic hydroxyl groups is 2. The van der Waals surface area contributed by atoms with Crippen molar-refractivity contribution in [3.05, 3.63) is 94.8 Å². The first-order valence-corrected chi connectivity index (χ1v) is 10.4. The van der Waals surface area contributed by atoms with Gasteiger partial charge in [0.1, 0.15) is 0 Å². The normalized spacial score (nSPS) is 11.7. The molecule has 0 amide bonds. The van der Waals surface area contributed by atoms with Crippen LogP contribution in [0, 0.1) is 13.8 Å². The van der Waals surface area contributed by atoms with Crippen molar-refractivity contribution < 1.29 is 14.8 Å². The van der Waals surface area contributed by atoms with E-state index < -0.39 is 0 Å². The number of nitrogens with one attached hydrogen (secondary N) is 1. The number of benzene rings is 2. The Morgan fingerprint density at radius 2 is 1.80 bits per heavy atom. The fourth-order valence-electron chi connectivity index (χ4n) is 3.26. The molecule has 5 heteroatoms. The van der Waals surface area contributed by atoms with E-state index in [9.17, 15) is 10.2 Å². The van der Waals surface area contributed by atoms with Gasteiger partial charge < -0.3 is 15.5 Å². The monoisotopic (exact) mass is 419 g/mol. The summed E-state index contributed by atoms with van der Waals surface area (Å²) in [5, 5.41) is 24.1. The zero-order valence-electron chi connectivity index (χ0n) is 17.5. The molecule has 4 nitrogen and oxygen atoms in total. The highest BCUT2D eigenvalue weighted by atomic mass is 32.1. The van der Waals surface area contributed by atoms with Crippen LogP contribution in [0.25, 0.3) is 11.5 Å². The van der Waals surface area contributed by atoms with Crippen molar-refractivity contribution in [3.8, 4) is 0 Å². The largest absolute Gasteiger partial charge is 0.502 e. The summed E-state index contributed by atoms with van der Waals surface area (Å²) in [7, 11) is 0. The lowest BCUT2D eigenvalue weighted by atomic mass is 10.0. The molecule has 0 unspecified atom stereocenters. The summed E-state index contributed by atoms with van der Waals surface area (Å²) in [5.41, 5.74) is 6.15. The van der Waals surface area contributed by atoms with Crippen molar-refractivity contribution in [2.24, 2.45) is 0 Å². The fraction of sp³-hybridized carbons (Fsp3) is 0.200. The Morgan fingerprint density at radius 3 is 2.50 bits per heavy atom. The summed E-state index contributed by atoms with van der Waals surface area (Å²) in [6.07, 6.45) is 4.44. The van der Waals surface area contributed by atoms with E-state index in [1.165, 1.54) is 0 Å². The molecule has 0 aliphatic heterocycles.